The average Bonchev–Trinajstić information content (AvgIpc) is 3.01. The van der Waals surface area contributed by atoms with Gasteiger partial charge < -0.3 is 20.9 Å². The summed E-state index contributed by atoms with van der Waals surface area (Å²) in [6.45, 7) is 0. The number of carbonyl (C=O) groups excluding carboxylic acids is 1. The molecule has 3 rings (SSSR count). The number of nitrogens with zero attached hydrogens (tertiary/aromatic N) is 4. The summed E-state index contributed by atoms with van der Waals surface area (Å²) in [4.78, 5) is 29.3. The van der Waals surface area contributed by atoms with Gasteiger partial charge in [-0.05, 0) is 24.3 Å². The van der Waals surface area contributed by atoms with E-state index in [9.17, 15) is 4.79 Å². The van der Waals surface area contributed by atoms with Crippen molar-refractivity contribution in [1.29, 1.82) is 0 Å². The maximum Gasteiger partial charge on any atom is 0.234 e. The van der Waals surface area contributed by atoms with Crippen LogP contribution in [0.25, 0.3) is 11.2 Å². The zero-order valence-corrected chi connectivity index (χ0v) is 14.1. The predicted molar refractivity (Wildman–Crippen MR) is 96.2 cm³/mol. The topological polar surface area (TPSA) is 113 Å². The van der Waals surface area contributed by atoms with Crippen LogP contribution in [0.2, 0.25) is 0 Å². The summed E-state index contributed by atoms with van der Waals surface area (Å²) < 4.78 is 0. The molecule has 2 aromatic heterocycles. The molecular weight excluding hydrogens is 326 g/mol. The Morgan fingerprint density at radius 3 is 2.75 bits per heavy atom. The first-order chi connectivity index (χ1) is 11.5. The molecule has 1 aromatic carbocycles. The summed E-state index contributed by atoms with van der Waals surface area (Å²) in [7, 11) is 3.93. The van der Waals surface area contributed by atoms with E-state index in [4.69, 9.17) is 5.73 Å². The van der Waals surface area contributed by atoms with E-state index in [0.717, 1.165) is 11.4 Å². The molecule has 124 valence electrons. The second-order valence-corrected chi connectivity index (χ2v) is 6.23. The van der Waals surface area contributed by atoms with Crippen LogP contribution in [0.5, 0.6) is 0 Å². The number of imidazole rings is 1. The third-order valence-corrected chi connectivity index (χ3v) is 4.25. The molecule has 0 radical (unpaired) electrons. The highest BCUT2D eigenvalue weighted by Gasteiger charge is 2.11. The quantitative estimate of drug-likeness (QED) is 0.477. The van der Waals surface area contributed by atoms with Gasteiger partial charge in [0.05, 0.1) is 12.1 Å². The molecule has 24 heavy (non-hydrogen) atoms. The maximum atomic E-state index is 12.1. The van der Waals surface area contributed by atoms with E-state index in [-0.39, 0.29) is 17.6 Å². The van der Waals surface area contributed by atoms with Crippen LogP contribution in [0.15, 0.2) is 35.6 Å². The summed E-state index contributed by atoms with van der Waals surface area (Å²) in [5, 5.41) is 3.46. The van der Waals surface area contributed by atoms with Crippen molar-refractivity contribution in [2.24, 2.45) is 0 Å². The molecule has 1 amide bonds. The highest BCUT2D eigenvalue weighted by molar-refractivity contribution is 8.00. The standard InChI is InChI=1S/C15H17N7OS/c1-22(2)10-5-3-9(4-6-10)19-11(23)7-24-14-12-13(18-8-17-12)20-15(16)21-14/h3-6,8H,7H2,1-2H3,(H,19,23)(H3,16,17,18,20,21). The predicted octanol–water partition coefficient (Wildman–Crippen LogP) is 1.73. The van der Waals surface area contributed by atoms with Crippen LogP contribution in [-0.2, 0) is 4.79 Å². The number of amides is 1. The number of aromatic nitrogens is 4. The van der Waals surface area contributed by atoms with Crippen LogP contribution >= 0.6 is 11.8 Å². The van der Waals surface area contributed by atoms with Gasteiger partial charge in [0.15, 0.2) is 5.65 Å². The highest BCUT2D eigenvalue weighted by Crippen LogP contribution is 2.24. The van der Waals surface area contributed by atoms with Gasteiger partial charge in [0.1, 0.15) is 10.5 Å². The number of carbonyl (C=O) groups is 1. The second kappa shape index (κ2) is 6.75. The van der Waals surface area contributed by atoms with E-state index >= 15 is 0 Å². The molecule has 0 saturated carbocycles. The molecule has 0 aliphatic rings. The number of benzene rings is 1. The molecular formula is C15H17N7OS. The highest BCUT2D eigenvalue weighted by atomic mass is 32.2. The fourth-order valence-corrected chi connectivity index (χ4v) is 2.89. The van der Waals surface area contributed by atoms with Gasteiger partial charge in [0, 0.05) is 25.5 Å². The molecule has 0 saturated heterocycles. The van der Waals surface area contributed by atoms with E-state index in [1.165, 1.54) is 18.1 Å². The first kappa shape index (κ1) is 16.1. The van der Waals surface area contributed by atoms with Crippen molar-refractivity contribution in [1.82, 2.24) is 19.9 Å². The number of nitrogen functional groups attached to an aromatic ring is 1. The van der Waals surface area contributed by atoms with Crippen molar-refractivity contribution in [3.8, 4) is 0 Å². The van der Waals surface area contributed by atoms with Gasteiger partial charge in [0.25, 0.3) is 0 Å². The molecule has 2 heterocycles. The fourth-order valence-electron chi connectivity index (χ4n) is 2.10. The SMILES string of the molecule is CN(C)c1ccc(NC(=O)CSc2nc(N)nc3nc[nH]c23)cc1. The molecule has 0 aliphatic heterocycles. The van der Waals surface area contributed by atoms with Gasteiger partial charge in [-0.2, -0.15) is 4.98 Å². The molecule has 0 atom stereocenters. The van der Waals surface area contributed by atoms with Crippen molar-refractivity contribution in [2.75, 3.05) is 35.8 Å². The minimum atomic E-state index is -0.123. The molecule has 9 heteroatoms. The zero-order valence-electron chi connectivity index (χ0n) is 13.3. The summed E-state index contributed by atoms with van der Waals surface area (Å²) in [6, 6.07) is 7.63. The number of rotatable bonds is 5. The molecule has 3 aromatic rings. The van der Waals surface area contributed by atoms with Gasteiger partial charge in [-0.3, -0.25) is 4.79 Å². The van der Waals surface area contributed by atoms with Crippen molar-refractivity contribution < 1.29 is 4.79 Å². The van der Waals surface area contributed by atoms with E-state index in [2.05, 4.69) is 25.3 Å². The van der Waals surface area contributed by atoms with Gasteiger partial charge in [-0.25, -0.2) is 9.97 Å². The minimum Gasteiger partial charge on any atom is -0.378 e. The second-order valence-electron chi connectivity index (χ2n) is 5.27. The number of aromatic amines is 1. The Morgan fingerprint density at radius 1 is 1.29 bits per heavy atom. The Balaban J connectivity index is 1.63. The lowest BCUT2D eigenvalue weighted by atomic mass is 10.2. The summed E-state index contributed by atoms with van der Waals surface area (Å²) >= 11 is 1.28. The number of hydrogen-bond acceptors (Lipinski definition) is 7. The first-order valence-electron chi connectivity index (χ1n) is 7.19. The number of nitrogens with two attached hydrogens (primary N) is 1. The summed E-state index contributed by atoms with van der Waals surface area (Å²) in [5.74, 6) is 0.222. The Morgan fingerprint density at radius 2 is 2.04 bits per heavy atom. The van der Waals surface area contributed by atoms with Crippen molar-refractivity contribution in [2.45, 2.75) is 5.03 Å². The van der Waals surface area contributed by atoms with Gasteiger partial charge in [-0.1, -0.05) is 11.8 Å². The third kappa shape index (κ3) is 3.57. The van der Waals surface area contributed by atoms with Crippen LogP contribution in [-0.4, -0.2) is 45.7 Å². The monoisotopic (exact) mass is 343 g/mol. The van der Waals surface area contributed by atoms with Crippen LogP contribution in [0.3, 0.4) is 0 Å². The van der Waals surface area contributed by atoms with Crippen LogP contribution in [0.4, 0.5) is 17.3 Å². The lowest BCUT2D eigenvalue weighted by Crippen LogP contribution is -2.14. The normalized spacial score (nSPS) is 10.8. The molecule has 0 unspecified atom stereocenters. The first-order valence-corrected chi connectivity index (χ1v) is 8.18. The number of thioether (sulfide) groups is 1. The van der Waals surface area contributed by atoms with E-state index in [0.29, 0.717) is 16.2 Å². The molecule has 4 N–H and O–H groups in total. The Labute approximate surface area is 142 Å². The van der Waals surface area contributed by atoms with Crippen LogP contribution in [0, 0.1) is 0 Å². The molecule has 0 fully saturated rings. The fraction of sp³-hybridized carbons (Fsp3) is 0.200. The van der Waals surface area contributed by atoms with Crippen molar-refractivity contribution >= 4 is 46.2 Å². The van der Waals surface area contributed by atoms with E-state index < -0.39 is 0 Å². The molecule has 0 aliphatic carbocycles. The number of nitrogens with one attached hydrogen (secondary N) is 2. The zero-order chi connectivity index (χ0) is 17.1. The van der Waals surface area contributed by atoms with Gasteiger partial charge in [0.2, 0.25) is 11.9 Å². The Bertz CT molecular complexity index is 860. The van der Waals surface area contributed by atoms with Crippen molar-refractivity contribution in [3.05, 3.63) is 30.6 Å². The lowest BCUT2D eigenvalue weighted by molar-refractivity contribution is -0.113. The molecule has 0 bridgehead atoms. The van der Waals surface area contributed by atoms with E-state index in [1.54, 1.807) is 0 Å². The Kier molecular flexibility index (Phi) is 4.52. The number of fused-ring (bicyclic) bond motifs is 1. The molecule has 8 nitrogen and oxygen atoms in total. The number of hydrogen-bond donors (Lipinski definition) is 3. The third-order valence-electron chi connectivity index (χ3n) is 3.28. The van der Waals surface area contributed by atoms with Gasteiger partial charge >= 0.3 is 0 Å². The lowest BCUT2D eigenvalue weighted by Gasteiger charge is -2.13. The summed E-state index contributed by atoms with van der Waals surface area (Å²) in [6.07, 6.45) is 1.52. The van der Waals surface area contributed by atoms with Crippen molar-refractivity contribution in [3.63, 3.8) is 0 Å². The summed E-state index contributed by atoms with van der Waals surface area (Å²) in [5.41, 5.74) is 8.65. The Hall–Kier alpha value is -2.81. The molecule has 0 spiro atoms. The number of H-pyrrole nitrogens is 1. The maximum absolute atomic E-state index is 12.1. The van der Waals surface area contributed by atoms with Gasteiger partial charge in [-0.15, -0.1) is 0 Å². The van der Waals surface area contributed by atoms with E-state index in [1.807, 2.05) is 43.3 Å². The minimum absolute atomic E-state index is 0.123. The van der Waals surface area contributed by atoms with Crippen LogP contribution in [0.1, 0.15) is 0 Å². The smallest absolute Gasteiger partial charge is 0.234 e. The largest absolute Gasteiger partial charge is 0.378 e. The average molecular weight is 343 g/mol. The number of anilines is 3. The van der Waals surface area contributed by atoms with Crippen LogP contribution < -0.4 is 16.0 Å².